The van der Waals surface area contributed by atoms with Gasteiger partial charge in [-0.15, -0.1) is 13.2 Å². The molecule has 2 atom stereocenters. The zero-order chi connectivity index (χ0) is 24.7. The van der Waals surface area contributed by atoms with Crippen molar-refractivity contribution in [1.82, 2.24) is 9.78 Å². The van der Waals surface area contributed by atoms with Gasteiger partial charge in [0.25, 0.3) is 0 Å². The van der Waals surface area contributed by atoms with E-state index in [1.165, 1.54) is 24.3 Å². The summed E-state index contributed by atoms with van der Waals surface area (Å²) in [5.74, 6) is -2.81. The molecule has 2 saturated carbocycles. The molecular weight excluding hydrogens is 463 g/mol. The van der Waals surface area contributed by atoms with E-state index in [2.05, 4.69) is 15.2 Å². The highest BCUT2D eigenvalue weighted by Gasteiger charge is 2.46. The summed E-state index contributed by atoms with van der Waals surface area (Å²) in [4.78, 5) is 24.7. The summed E-state index contributed by atoms with van der Waals surface area (Å²) in [5.41, 5.74) is 1.80. The summed E-state index contributed by atoms with van der Waals surface area (Å²) in [6.07, 6.45) is 2.25. The summed E-state index contributed by atoms with van der Waals surface area (Å²) in [5, 5.41) is 16.8. The molecule has 1 aromatic heterocycles. The second-order valence-corrected chi connectivity index (χ2v) is 8.88. The summed E-state index contributed by atoms with van der Waals surface area (Å²) in [6, 6.07) is 10.7. The first kappa shape index (κ1) is 22.9. The lowest BCUT2D eigenvalue weighted by Gasteiger charge is -2.25. The predicted octanol–water partition coefficient (Wildman–Crippen LogP) is 5.61. The first-order chi connectivity index (χ1) is 16.7. The van der Waals surface area contributed by atoms with Crippen molar-refractivity contribution in [3.8, 4) is 16.9 Å². The number of hydrogen-bond acceptors (Lipinski definition) is 4. The topological polar surface area (TPSA) is 93.5 Å². The minimum absolute atomic E-state index is 0.0206. The first-order valence-corrected chi connectivity index (χ1v) is 11.3. The molecule has 1 amide bonds. The highest BCUT2D eigenvalue weighted by atomic mass is 19.4. The Labute approximate surface area is 198 Å². The van der Waals surface area contributed by atoms with Crippen molar-refractivity contribution >= 4 is 17.6 Å². The Kier molecular flexibility index (Phi) is 5.74. The number of carbonyl (C=O) groups is 2. The van der Waals surface area contributed by atoms with E-state index < -0.39 is 30.1 Å². The summed E-state index contributed by atoms with van der Waals surface area (Å²) < 4.78 is 44.1. The molecule has 0 bridgehead atoms. The van der Waals surface area contributed by atoms with Crippen LogP contribution < -0.4 is 10.1 Å². The van der Waals surface area contributed by atoms with Crippen LogP contribution >= 0.6 is 0 Å². The second-order valence-electron chi connectivity index (χ2n) is 8.88. The maximum atomic E-state index is 12.8. The van der Waals surface area contributed by atoms with E-state index in [1.807, 2.05) is 10.9 Å². The largest absolute Gasteiger partial charge is 0.573 e. The van der Waals surface area contributed by atoms with Crippen LogP contribution in [-0.2, 0) is 4.79 Å². The van der Waals surface area contributed by atoms with E-state index >= 15 is 0 Å². The minimum Gasteiger partial charge on any atom is -0.478 e. The van der Waals surface area contributed by atoms with Crippen LogP contribution in [0.25, 0.3) is 11.1 Å². The lowest BCUT2D eigenvalue weighted by molar-refractivity contribution is -0.274. The Balaban J connectivity index is 1.31. The molecule has 2 aliphatic carbocycles. The van der Waals surface area contributed by atoms with E-state index in [1.54, 1.807) is 24.4 Å². The van der Waals surface area contributed by atoms with Gasteiger partial charge >= 0.3 is 12.3 Å². The van der Waals surface area contributed by atoms with Gasteiger partial charge in [-0.1, -0.05) is 24.3 Å². The quantitative estimate of drug-likeness (QED) is 0.454. The summed E-state index contributed by atoms with van der Waals surface area (Å²) in [7, 11) is 0. The molecule has 5 rings (SSSR count). The van der Waals surface area contributed by atoms with E-state index in [0.29, 0.717) is 34.8 Å². The molecule has 0 unspecified atom stereocenters. The van der Waals surface area contributed by atoms with Gasteiger partial charge in [0.05, 0.1) is 17.8 Å². The van der Waals surface area contributed by atoms with Gasteiger partial charge < -0.3 is 15.2 Å². The van der Waals surface area contributed by atoms with Crippen LogP contribution in [-0.4, -0.2) is 33.1 Å². The molecule has 2 fully saturated rings. The number of carboxylic acids is 1. The molecule has 0 aliphatic heterocycles. The molecule has 7 nitrogen and oxygen atoms in total. The predicted molar refractivity (Wildman–Crippen MR) is 120 cm³/mol. The number of ether oxygens (including phenoxy) is 1. The maximum absolute atomic E-state index is 12.8. The SMILES string of the molecule is O=C(O)c1cc(NC(=O)[C@@H]2C[C@H]2c2ccccc2OC(F)(F)F)ccc1-c1cnn(C2CCC2)c1. The molecule has 0 spiro atoms. The van der Waals surface area contributed by atoms with Crippen LogP contribution in [0.1, 0.15) is 53.6 Å². The van der Waals surface area contributed by atoms with Gasteiger partial charge in [0.2, 0.25) is 5.91 Å². The average Bonchev–Trinajstić information content (AvgIpc) is 3.42. The van der Waals surface area contributed by atoms with Crippen LogP contribution in [0.5, 0.6) is 5.75 Å². The molecule has 1 heterocycles. The number of nitrogens with zero attached hydrogens (tertiary/aromatic N) is 2. The number of amides is 1. The Morgan fingerprint density at radius 1 is 1.14 bits per heavy atom. The van der Waals surface area contributed by atoms with Crippen molar-refractivity contribution in [2.45, 2.75) is 44.0 Å². The number of carboxylic acid groups (broad SMARTS) is 1. The third-order valence-electron chi connectivity index (χ3n) is 6.55. The van der Waals surface area contributed by atoms with Gasteiger partial charge in [-0.25, -0.2) is 4.79 Å². The molecule has 35 heavy (non-hydrogen) atoms. The number of anilines is 1. The van der Waals surface area contributed by atoms with E-state index in [4.69, 9.17) is 0 Å². The number of benzene rings is 2. The van der Waals surface area contributed by atoms with Crippen molar-refractivity contribution < 1.29 is 32.6 Å². The van der Waals surface area contributed by atoms with Gasteiger partial charge in [-0.05, 0) is 60.9 Å². The minimum atomic E-state index is -4.83. The highest BCUT2D eigenvalue weighted by Crippen LogP contribution is 2.51. The molecule has 0 saturated heterocycles. The Morgan fingerprint density at radius 2 is 1.91 bits per heavy atom. The van der Waals surface area contributed by atoms with E-state index in [9.17, 15) is 27.9 Å². The fourth-order valence-electron chi connectivity index (χ4n) is 4.45. The van der Waals surface area contributed by atoms with Crippen LogP contribution in [0.2, 0.25) is 0 Å². The number of alkyl halides is 3. The van der Waals surface area contributed by atoms with Crippen molar-refractivity contribution in [3.05, 3.63) is 66.0 Å². The van der Waals surface area contributed by atoms with Crippen LogP contribution in [0.3, 0.4) is 0 Å². The molecule has 182 valence electrons. The number of nitrogens with one attached hydrogen (secondary N) is 1. The number of halogens is 3. The van der Waals surface area contributed by atoms with Crippen molar-refractivity contribution in [1.29, 1.82) is 0 Å². The van der Waals surface area contributed by atoms with Gasteiger partial charge in [-0.2, -0.15) is 5.10 Å². The summed E-state index contributed by atoms with van der Waals surface area (Å²) in [6.45, 7) is 0. The number of rotatable bonds is 7. The third-order valence-corrected chi connectivity index (χ3v) is 6.55. The number of para-hydroxylation sites is 1. The fraction of sp³-hybridized carbons (Fsp3) is 0.320. The first-order valence-electron chi connectivity index (χ1n) is 11.3. The summed E-state index contributed by atoms with van der Waals surface area (Å²) >= 11 is 0. The van der Waals surface area contributed by atoms with Gasteiger partial charge in [0.15, 0.2) is 0 Å². The third kappa shape index (κ3) is 4.87. The highest BCUT2D eigenvalue weighted by molar-refractivity contribution is 6.00. The zero-order valence-corrected chi connectivity index (χ0v) is 18.5. The molecule has 2 N–H and O–H groups in total. The Bertz CT molecular complexity index is 1280. The van der Waals surface area contributed by atoms with Crippen LogP contribution in [0.4, 0.5) is 18.9 Å². The van der Waals surface area contributed by atoms with Gasteiger partial charge in [-0.3, -0.25) is 9.48 Å². The number of hydrogen-bond donors (Lipinski definition) is 2. The standard InChI is InChI=1S/C25H22F3N3O4/c26-25(27,28)35-22-7-2-1-6-18(22)19-11-20(19)23(32)30-15-8-9-17(21(10-15)24(33)34)14-12-29-31(13-14)16-4-3-5-16/h1-2,6-10,12-13,16,19-20H,3-5,11H2,(H,30,32)(H,33,34)/t19-,20+/m0/s1. The lowest BCUT2D eigenvalue weighted by Crippen LogP contribution is -2.18. The zero-order valence-electron chi connectivity index (χ0n) is 18.5. The molecule has 3 aromatic rings. The Hall–Kier alpha value is -3.82. The molecule has 0 radical (unpaired) electrons. The average molecular weight is 485 g/mol. The molecule has 10 heteroatoms. The normalized spacial score (nSPS) is 19.6. The van der Waals surface area contributed by atoms with Crippen LogP contribution in [0.15, 0.2) is 54.9 Å². The van der Waals surface area contributed by atoms with E-state index in [-0.39, 0.29) is 11.3 Å². The van der Waals surface area contributed by atoms with E-state index in [0.717, 1.165) is 19.3 Å². The number of aromatic nitrogens is 2. The number of aromatic carboxylic acids is 1. The fourth-order valence-corrected chi connectivity index (χ4v) is 4.45. The molecule has 2 aliphatic rings. The second kappa shape index (κ2) is 8.75. The van der Waals surface area contributed by atoms with Crippen molar-refractivity contribution in [2.75, 3.05) is 5.32 Å². The molecular formula is C25H22F3N3O4. The monoisotopic (exact) mass is 485 g/mol. The smallest absolute Gasteiger partial charge is 0.478 e. The Morgan fingerprint density at radius 3 is 2.60 bits per heavy atom. The maximum Gasteiger partial charge on any atom is 0.573 e. The van der Waals surface area contributed by atoms with Crippen molar-refractivity contribution in [3.63, 3.8) is 0 Å². The van der Waals surface area contributed by atoms with Crippen molar-refractivity contribution in [2.24, 2.45) is 5.92 Å². The number of carbonyl (C=O) groups excluding carboxylic acids is 1. The molecule has 2 aromatic carbocycles. The lowest BCUT2D eigenvalue weighted by atomic mass is 9.93. The van der Waals surface area contributed by atoms with Gasteiger partial charge in [0, 0.05) is 23.4 Å². The van der Waals surface area contributed by atoms with Gasteiger partial charge in [0.1, 0.15) is 5.75 Å². The van der Waals surface area contributed by atoms with Crippen LogP contribution in [0, 0.1) is 5.92 Å².